The van der Waals surface area contributed by atoms with Crippen molar-refractivity contribution in [2.45, 2.75) is 32.6 Å². The highest BCUT2D eigenvalue weighted by Crippen LogP contribution is 2.15. The Morgan fingerprint density at radius 2 is 1.38 bits per heavy atom. The minimum Gasteiger partial charge on any atom is -0.481 e. The lowest BCUT2D eigenvalue weighted by Crippen LogP contribution is -1.85. The molecule has 0 bridgehead atoms. The van der Waals surface area contributed by atoms with Gasteiger partial charge in [0.2, 0.25) is 0 Å². The molecule has 0 aromatic rings. The maximum atomic E-state index is 9.00. The largest absolute Gasteiger partial charge is 0.481 e. The smallest absolute Gasteiger partial charge is 0.300 e. The molecule has 1 fully saturated rings. The van der Waals surface area contributed by atoms with Crippen LogP contribution in [0.5, 0.6) is 0 Å². The van der Waals surface area contributed by atoms with Gasteiger partial charge in [-0.2, -0.15) is 0 Å². The molecular formula is C6H12O2. The van der Waals surface area contributed by atoms with Crippen molar-refractivity contribution in [2.24, 2.45) is 0 Å². The molecule has 0 aliphatic heterocycles. The topological polar surface area (TPSA) is 37.3 Å². The minimum atomic E-state index is -0.833. The molecular weight excluding hydrogens is 104 g/mol. The molecule has 1 saturated carbocycles. The van der Waals surface area contributed by atoms with Crippen LogP contribution in [0.3, 0.4) is 0 Å². The predicted molar refractivity (Wildman–Crippen MR) is 31.8 cm³/mol. The molecule has 1 rings (SSSR count). The lowest BCUT2D eigenvalue weighted by Gasteiger charge is -2.05. The Morgan fingerprint density at radius 3 is 1.38 bits per heavy atom. The van der Waals surface area contributed by atoms with Crippen molar-refractivity contribution in [2.75, 3.05) is 0 Å². The van der Waals surface area contributed by atoms with Gasteiger partial charge in [-0.15, -0.1) is 0 Å². The van der Waals surface area contributed by atoms with Crippen LogP contribution in [-0.4, -0.2) is 11.1 Å². The number of carboxylic acids is 1. The molecule has 8 heavy (non-hydrogen) atoms. The first-order chi connectivity index (χ1) is 3.73. The summed E-state index contributed by atoms with van der Waals surface area (Å²) in [5, 5.41) is 7.42. The van der Waals surface area contributed by atoms with Gasteiger partial charge < -0.3 is 5.11 Å². The lowest BCUT2D eigenvalue weighted by atomic mass is 10.0. The molecule has 0 saturated heterocycles. The molecule has 2 heteroatoms. The fraction of sp³-hybridized carbons (Fsp3) is 0.833. The maximum Gasteiger partial charge on any atom is 0.300 e. The summed E-state index contributed by atoms with van der Waals surface area (Å²) in [4.78, 5) is 9.00. The highest BCUT2D eigenvalue weighted by Gasteiger charge is 1.95. The van der Waals surface area contributed by atoms with Gasteiger partial charge in [0.05, 0.1) is 0 Å². The van der Waals surface area contributed by atoms with Crippen LogP contribution in [0.4, 0.5) is 0 Å². The molecule has 1 N–H and O–H groups in total. The van der Waals surface area contributed by atoms with Crippen LogP contribution in [-0.2, 0) is 4.79 Å². The van der Waals surface area contributed by atoms with Gasteiger partial charge in [0.25, 0.3) is 5.97 Å². The van der Waals surface area contributed by atoms with Gasteiger partial charge in [0.15, 0.2) is 0 Å². The Bertz CT molecular complexity index is 56.9. The predicted octanol–water partition coefficient (Wildman–Crippen LogP) is 1.65. The third kappa shape index (κ3) is 9.08. The van der Waals surface area contributed by atoms with E-state index >= 15 is 0 Å². The van der Waals surface area contributed by atoms with E-state index in [1.54, 1.807) is 0 Å². The zero-order valence-electron chi connectivity index (χ0n) is 5.18. The number of carboxylic acid groups (broad SMARTS) is 1. The van der Waals surface area contributed by atoms with E-state index in [2.05, 4.69) is 0 Å². The average Bonchev–Trinajstić information content (AvgIpc) is 1.19. The van der Waals surface area contributed by atoms with Gasteiger partial charge in [-0.3, -0.25) is 4.79 Å². The molecule has 1 aliphatic carbocycles. The first-order valence-electron chi connectivity index (χ1n) is 2.93. The van der Waals surface area contributed by atoms with Crippen LogP contribution in [0.2, 0.25) is 0 Å². The highest BCUT2D eigenvalue weighted by molar-refractivity contribution is 5.62. The maximum absolute atomic E-state index is 9.00. The molecule has 1 aliphatic rings. The van der Waals surface area contributed by atoms with Crippen LogP contribution in [0.1, 0.15) is 32.6 Å². The summed E-state index contributed by atoms with van der Waals surface area (Å²) in [6, 6.07) is 0. The van der Waals surface area contributed by atoms with Crippen molar-refractivity contribution < 1.29 is 9.90 Å². The zero-order valence-corrected chi connectivity index (χ0v) is 5.18. The van der Waals surface area contributed by atoms with E-state index in [1.807, 2.05) is 0 Å². The standard InChI is InChI=1S/C4H8.C2H4O2/c1-2-4-3-1;1-2(3)4/h1-4H2;1H3,(H,3,4). The molecule has 0 atom stereocenters. The van der Waals surface area contributed by atoms with Crippen LogP contribution in [0, 0.1) is 0 Å². The lowest BCUT2D eigenvalue weighted by molar-refractivity contribution is -0.134. The van der Waals surface area contributed by atoms with Crippen LogP contribution in [0.15, 0.2) is 0 Å². The van der Waals surface area contributed by atoms with E-state index in [0.29, 0.717) is 0 Å². The zero-order chi connectivity index (χ0) is 6.41. The second-order valence-corrected chi connectivity index (χ2v) is 1.93. The van der Waals surface area contributed by atoms with Crippen LogP contribution < -0.4 is 0 Å². The third-order valence-electron chi connectivity index (χ3n) is 1.000. The molecule has 0 unspecified atom stereocenters. The molecule has 0 heterocycles. The molecule has 0 amide bonds. The van der Waals surface area contributed by atoms with E-state index in [1.165, 1.54) is 25.7 Å². The molecule has 0 aromatic carbocycles. The monoisotopic (exact) mass is 116 g/mol. The van der Waals surface area contributed by atoms with Crippen molar-refractivity contribution >= 4 is 5.97 Å². The van der Waals surface area contributed by atoms with E-state index in [9.17, 15) is 0 Å². The van der Waals surface area contributed by atoms with Crippen molar-refractivity contribution in [3.05, 3.63) is 0 Å². The molecule has 2 nitrogen and oxygen atoms in total. The Hall–Kier alpha value is -0.530. The molecule has 0 radical (unpaired) electrons. The van der Waals surface area contributed by atoms with Crippen molar-refractivity contribution in [1.82, 2.24) is 0 Å². The van der Waals surface area contributed by atoms with E-state index in [-0.39, 0.29) is 0 Å². The molecule has 0 spiro atoms. The van der Waals surface area contributed by atoms with Gasteiger partial charge in [-0.1, -0.05) is 25.7 Å². The van der Waals surface area contributed by atoms with Crippen molar-refractivity contribution in [1.29, 1.82) is 0 Å². The number of aliphatic carboxylic acids is 1. The van der Waals surface area contributed by atoms with Gasteiger partial charge in [0, 0.05) is 6.92 Å². The van der Waals surface area contributed by atoms with Crippen LogP contribution in [0.25, 0.3) is 0 Å². The van der Waals surface area contributed by atoms with E-state index < -0.39 is 5.97 Å². The highest BCUT2D eigenvalue weighted by atomic mass is 16.4. The average molecular weight is 116 g/mol. The summed E-state index contributed by atoms with van der Waals surface area (Å²) in [7, 11) is 0. The summed E-state index contributed by atoms with van der Waals surface area (Å²) in [5.74, 6) is -0.833. The third-order valence-corrected chi connectivity index (χ3v) is 1.000. The Labute approximate surface area is 49.5 Å². The minimum absolute atomic E-state index is 0.833. The number of carbonyl (C=O) groups is 1. The van der Waals surface area contributed by atoms with E-state index in [4.69, 9.17) is 9.90 Å². The van der Waals surface area contributed by atoms with Gasteiger partial charge >= 0.3 is 0 Å². The normalized spacial score (nSPS) is 15.1. The summed E-state index contributed by atoms with van der Waals surface area (Å²) in [5.41, 5.74) is 0. The number of hydrogen-bond donors (Lipinski definition) is 1. The summed E-state index contributed by atoms with van der Waals surface area (Å²) >= 11 is 0. The Kier molecular flexibility index (Phi) is 4.32. The SMILES string of the molecule is C1CCC1.CC(=O)O. The first-order valence-corrected chi connectivity index (χ1v) is 2.93. The fourth-order valence-electron chi connectivity index (χ4n) is 0.250. The van der Waals surface area contributed by atoms with Crippen LogP contribution >= 0.6 is 0 Å². The van der Waals surface area contributed by atoms with Gasteiger partial charge in [0.1, 0.15) is 0 Å². The Morgan fingerprint density at radius 1 is 1.25 bits per heavy atom. The first kappa shape index (κ1) is 7.47. The number of rotatable bonds is 0. The summed E-state index contributed by atoms with van der Waals surface area (Å²) in [6.07, 6.45) is 6.00. The quantitative estimate of drug-likeness (QED) is 0.522. The molecule has 0 aromatic heterocycles. The second kappa shape index (κ2) is 4.62. The van der Waals surface area contributed by atoms with Crippen molar-refractivity contribution in [3.63, 3.8) is 0 Å². The number of hydrogen-bond acceptors (Lipinski definition) is 1. The molecule has 48 valence electrons. The summed E-state index contributed by atoms with van der Waals surface area (Å²) < 4.78 is 0. The van der Waals surface area contributed by atoms with Gasteiger partial charge in [-0.05, 0) is 0 Å². The van der Waals surface area contributed by atoms with E-state index in [0.717, 1.165) is 6.92 Å². The van der Waals surface area contributed by atoms with Gasteiger partial charge in [-0.25, -0.2) is 0 Å². The summed E-state index contributed by atoms with van der Waals surface area (Å²) in [6.45, 7) is 1.08. The second-order valence-electron chi connectivity index (χ2n) is 1.93. The fourth-order valence-corrected chi connectivity index (χ4v) is 0.250. The Balaban J connectivity index is 0.000000122. The van der Waals surface area contributed by atoms with Crippen molar-refractivity contribution in [3.8, 4) is 0 Å².